The normalized spacial score (nSPS) is 12.4. The molecular weight excluding hydrogens is 457 g/mol. The van der Waals surface area contributed by atoms with Crippen molar-refractivity contribution in [2.24, 2.45) is 7.05 Å². The van der Waals surface area contributed by atoms with Crippen LogP contribution < -0.4 is 5.56 Å². The van der Waals surface area contributed by atoms with Crippen LogP contribution in [0.15, 0.2) is 33.9 Å². The molecular formula is C17H16BrCl2N5O2. The lowest BCUT2D eigenvalue weighted by Gasteiger charge is -2.26. The van der Waals surface area contributed by atoms with Gasteiger partial charge in [-0.05, 0) is 40.5 Å². The van der Waals surface area contributed by atoms with Gasteiger partial charge in [0.15, 0.2) is 5.65 Å². The maximum absolute atomic E-state index is 12.7. The average molecular weight is 473 g/mol. The number of hydrogen-bond acceptors (Lipinski definition) is 4. The summed E-state index contributed by atoms with van der Waals surface area (Å²) in [4.78, 5) is 31.2. The molecule has 7 nitrogen and oxygen atoms in total. The number of fused-ring (bicyclic) bond motifs is 1. The first kappa shape index (κ1) is 19.9. The number of nitrogens with zero attached hydrogens (tertiary/aromatic N) is 5. The number of aromatic nitrogens is 4. The summed E-state index contributed by atoms with van der Waals surface area (Å²) < 4.78 is 3.17. The van der Waals surface area contributed by atoms with E-state index in [0.29, 0.717) is 25.7 Å². The van der Waals surface area contributed by atoms with Gasteiger partial charge in [-0.25, -0.2) is 9.67 Å². The van der Waals surface area contributed by atoms with Crippen LogP contribution in [0.3, 0.4) is 0 Å². The minimum Gasteiger partial charge on any atom is -0.337 e. The van der Waals surface area contributed by atoms with Crippen molar-refractivity contribution in [1.29, 1.82) is 0 Å². The molecule has 27 heavy (non-hydrogen) atoms. The van der Waals surface area contributed by atoms with Gasteiger partial charge < -0.3 is 4.90 Å². The Hall–Kier alpha value is -1.90. The zero-order valence-corrected chi connectivity index (χ0v) is 17.9. The molecule has 0 saturated heterocycles. The molecule has 0 spiro atoms. The summed E-state index contributed by atoms with van der Waals surface area (Å²) in [6, 6.07) is 4.85. The first-order valence-electron chi connectivity index (χ1n) is 7.99. The van der Waals surface area contributed by atoms with E-state index in [9.17, 15) is 9.59 Å². The van der Waals surface area contributed by atoms with Gasteiger partial charge in [0.05, 0.1) is 6.04 Å². The second-order valence-corrected chi connectivity index (χ2v) is 7.73. The van der Waals surface area contributed by atoms with Gasteiger partial charge in [-0.15, -0.1) is 0 Å². The fourth-order valence-electron chi connectivity index (χ4n) is 2.77. The molecule has 1 atom stereocenters. The summed E-state index contributed by atoms with van der Waals surface area (Å²) in [6.45, 7) is 1.71. The highest BCUT2D eigenvalue weighted by Gasteiger charge is 2.21. The van der Waals surface area contributed by atoms with Gasteiger partial charge in [0.2, 0.25) is 5.91 Å². The summed E-state index contributed by atoms with van der Waals surface area (Å²) in [7, 11) is 3.36. The molecule has 0 fully saturated rings. The van der Waals surface area contributed by atoms with Gasteiger partial charge >= 0.3 is 0 Å². The van der Waals surface area contributed by atoms with Crippen molar-refractivity contribution in [2.75, 3.05) is 7.05 Å². The van der Waals surface area contributed by atoms with E-state index < -0.39 is 0 Å². The van der Waals surface area contributed by atoms with Crippen LogP contribution in [0.5, 0.6) is 0 Å². The van der Waals surface area contributed by atoms with Crippen LogP contribution in [0, 0.1) is 0 Å². The molecule has 1 unspecified atom stereocenters. The van der Waals surface area contributed by atoms with Crippen LogP contribution in [0.4, 0.5) is 0 Å². The highest BCUT2D eigenvalue weighted by Crippen LogP contribution is 2.29. The molecule has 0 aliphatic heterocycles. The van der Waals surface area contributed by atoms with Gasteiger partial charge in [-0.3, -0.25) is 14.2 Å². The van der Waals surface area contributed by atoms with E-state index in [1.54, 1.807) is 32.3 Å². The molecule has 0 N–H and O–H groups in total. The molecule has 0 radical (unpaired) electrons. The summed E-state index contributed by atoms with van der Waals surface area (Å²) in [5, 5.41) is 5.47. The number of likely N-dealkylation sites (N-methyl/N-ethyl adjacent to an activating group) is 1. The van der Waals surface area contributed by atoms with E-state index in [2.05, 4.69) is 26.0 Å². The number of benzene rings is 1. The summed E-state index contributed by atoms with van der Waals surface area (Å²) in [5.74, 6) is -0.253. The Bertz CT molecular complexity index is 1090. The van der Waals surface area contributed by atoms with Crippen molar-refractivity contribution >= 4 is 56.1 Å². The van der Waals surface area contributed by atoms with Crippen molar-refractivity contribution in [3.05, 3.63) is 55.1 Å². The molecule has 2 aromatic heterocycles. The minimum atomic E-state index is -0.334. The Labute approximate surface area is 173 Å². The number of hydrogen-bond donors (Lipinski definition) is 0. The second kappa shape index (κ2) is 7.61. The lowest BCUT2D eigenvalue weighted by Crippen LogP contribution is -2.35. The maximum Gasteiger partial charge on any atom is 0.266 e. The summed E-state index contributed by atoms with van der Waals surface area (Å²) in [6.07, 6.45) is 1.35. The third-order valence-corrected chi connectivity index (χ3v) is 5.58. The van der Waals surface area contributed by atoms with Crippen molar-refractivity contribution < 1.29 is 4.79 Å². The molecule has 142 valence electrons. The molecule has 1 amide bonds. The van der Waals surface area contributed by atoms with E-state index >= 15 is 0 Å². The Morgan fingerprint density at radius 3 is 2.74 bits per heavy atom. The van der Waals surface area contributed by atoms with E-state index in [0.717, 1.165) is 5.56 Å². The third-order valence-electron chi connectivity index (χ3n) is 4.46. The molecule has 3 aromatic rings. The Balaban J connectivity index is 1.86. The van der Waals surface area contributed by atoms with Crippen molar-refractivity contribution in [3.8, 4) is 0 Å². The van der Waals surface area contributed by atoms with Crippen LogP contribution in [0.1, 0.15) is 18.5 Å². The van der Waals surface area contributed by atoms with Crippen molar-refractivity contribution in [1.82, 2.24) is 24.2 Å². The SMILES string of the molecule is CC(c1ccc(Cl)cc1Cl)N(C)C(=O)Cn1cnc2c(c(Br)nn2C)c1=O. The lowest BCUT2D eigenvalue weighted by atomic mass is 10.1. The fraction of sp³-hybridized carbons (Fsp3) is 0.294. The van der Waals surface area contributed by atoms with E-state index in [1.165, 1.54) is 20.5 Å². The highest BCUT2D eigenvalue weighted by atomic mass is 79.9. The molecule has 0 bridgehead atoms. The van der Waals surface area contributed by atoms with Crippen molar-refractivity contribution in [3.63, 3.8) is 0 Å². The zero-order chi connectivity index (χ0) is 19.9. The Kier molecular flexibility index (Phi) is 5.60. The topological polar surface area (TPSA) is 73.0 Å². The van der Waals surface area contributed by atoms with E-state index in [-0.39, 0.29) is 24.1 Å². The summed E-state index contributed by atoms with van der Waals surface area (Å²) >= 11 is 15.4. The highest BCUT2D eigenvalue weighted by molar-refractivity contribution is 9.10. The molecule has 3 rings (SSSR count). The Morgan fingerprint density at radius 1 is 1.37 bits per heavy atom. The van der Waals surface area contributed by atoms with Gasteiger partial charge in [-0.1, -0.05) is 29.3 Å². The number of halogens is 3. The number of amides is 1. The molecule has 0 aliphatic carbocycles. The quantitative estimate of drug-likeness (QED) is 0.583. The number of carbonyl (C=O) groups excluding carboxylic acids is 1. The molecule has 2 heterocycles. The van der Waals surface area contributed by atoms with Crippen LogP contribution >= 0.6 is 39.1 Å². The standard InChI is InChI=1S/C17H16BrCl2N5O2/c1-9(11-5-4-10(19)6-12(11)20)23(2)13(26)7-25-8-21-16-14(17(25)27)15(18)22-24(16)3/h4-6,8-9H,7H2,1-3H3. The van der Waals surface area contributed by atoms with Gasteiger partial charge in [0.1, 0.15) is 22.9 Å². The monoisotopic (exact) mass is 471 g/mol. The summed E-state index contributed by atoms with van der Waals surface area (Å²) in [5.41, 5.74) is 0.886. The largest absolute Gasteiger partial charge is 0.337 e. The zero-order valence-electron chi connectivity index (χ0n) is 14.8. The van der Waals surface area contributed by atoms with Crippen molar-refractivity contribution in [2.45, 2.75) is 19.5 Å². The smallest absolute Gasteiger partial charge is 0.266 e. The van der Waals surface area contributed by atoms with E-state index in [4.69, 9.17) is 23.2 Å². The predicted molar refractivity (Wildman–Crippen MR) is 108 cm³/mol. The first-order chi connectivity index (χ1) is 12.7. The number of carbonyl (C=O) groups is 1. The molecule has 10 heteroatoms. The number of aryl methyl sites for hydroxylation is 1. The third kappa shape index (κ3) is 3.74. The second-order valence-electron chi connectivity index (χ2n) is 6.14. The predicted octanol–water partition coefficient (Wildman–Crippen LogP) is 3.42. The van der Waals surface area contributed by atoms with Gasteiger partial charge in [-0.2, -0.15) is 5.10 Å². The minimum absolute atomic E-state index is 0.144. The average Bonchev–Trinajstić information content (AvgIpc) is 2.90. The Morgan fingerprint density at radius 2 is 2.07 bits per heavy atom. The number of rotatable bonds is 4. The van der Waals surface area contributed by atoms with Crippen LogP contribution in [0.25, 0.3) is 11.0 Å². The van der Waals surface area contributed by atoms with Gasteiger partial charge in [0.25, 0.3) is 5.56 Å². The van der Waals surface area contributed by atoms with Crippen LogP contribution in [-0.2, 0) is 18.4 Å². The maximum atomic E-state index is 12.7. The molecule has 1 aromatic carbocycles. The fourth-order valence-corrected chi connectivity index (χ4v) is 3.92. The van der Waals surface area contributed by atoms with Crippen LogP contribution in [-0.4, -0.2) is 37.2 Å². The van der Waals surface area contributed by atoms with Crippen LogP contribution in [0.2, 0.25) is 10.0 Å². The first-order valence-corrected chi connectivity index (χ1v) is 9.54. The van der Waals surface area contributed by atoms with E-state index in [1.807, 2.05) is 6.92 Å². The molecule has 0 aliphatic rings. The van der Waals surface area contributed by atoms with Gasteiger partial charge in [0, 0.05) is 24.1 Å². The lowest BCUT2D eigenvalue weighted by molar-refractivity contribution is -0.132. The molecule has 0 saturated carbocycles.